The van der Waals surface area contributed by atoms with Gasteiger partial charge >= 0.3 is 0 Å². The number of para-hydroxylation sites is 1. The fourth-order valence-electron chi connectivity index (χ4n) is 3.43. The second kappa shape index (κ2) is 6.72. The van der Waals surface area contributed by atoms with Gasteiger partial charge in [-0.3, -0.25) is 9.48 Å². The molecule has 0 aliphatic carbocycles. The second-order valence-corrected chi connectivity index (χ2v) is 6.56. The Hall–Kier alpha value is -2.60. The smallest absolute Gasteiger partial charge is 0.244 e. The van der Waals surface area contributed by atoms with Crippen molar-refractivity contribution in [3.05, 3.63) is 48.4 Å². The molecule has 1 aliphatic rings. The molecule has 0 bridgehead atoms. The van der Waals surface area contributed by atoms with Crippen LogP contribution < -0.4 is 5.32 Å². The van der Waals surface area contributed by atoms with E-state index in [0.717, 1.165) is 48.3 Å². The summed E-state index contributed by atoms with van der Waals surface area (Å²) in [5.41, 5.74) is 2.87. The number of nitrogens with one attached hydrogen (secondary N) is 1. The summed E-state index contributed by atoms with van der Waals surface area (Å²) < 4.78 is 9.48. The van der Waals surface area contributed by atoms with Gasteiger partial charge in [-0.1, -0.05) is 18.2 Å². The lowest BCUT2D eigenvalue weighted by atomic mass is 10.2. The van der Waals surface area contributed by atoms with E-state index < -0.39 is 0 Å². The highest BCUT2D eigenvalue weighted by molar-refractivity contribution is 5.92. The standard InChI is InChI=1S/C19H22N4O2/c1-14-9-15-5-2-3-7-18(15)23(14)13-19(24)21-16-10-20-22(11-16)12-17-6-4-8-25-17/h2-3,5,7,9-11,17H,4,6,8,12-13H2,1H3,(H,21,24)/t17-/m0/s1. The number of hydrogen-bond acceptors (Lipinski definition) is 3. The maximum atomic E-state index is 12.4. The van der Waals surface area contributed by atoms with Gasteiger partial charge in [-0.2, -0.15) is 5.10 Å². The number of anilines is 1. The number of amides is 1. The van der Waals surface area contributed by atoms with Crippen molar-refractivity contribution < 1.29 is 9.53 Å². The third kappa shape index (κ3) is 3.44. The average Bonchev–Trinajstić information content (AvgIpc) is 3.31. The molecular formula is C19H22N4O2. The molecule has 1 amide bonds. The highest BCUT2D eigenvalue weighted by Crippen LogP contribution is 2.19. The summed E-state index contributed by atoms with van der Waals surface area (Å²) >= 11 is 0. The Morgan fingerprint density at radius 2 is 2.28 bits per heavy atom. The average molecular weight is 338 g/mol. The van der Waals surface area contributed by atoms with Gasteiger partial charge in [0.25, 0.3) is 0 Å². The Morgan fingerprint density at radius 3 is 3.12 bits per heavy atom. The molecule has 0 radical (unpaired) electrons. The fraction of sp³-hybridized carbons (Fsp3) is 0.368. The van der Waals surface area contributed by atoms with Gasteiger partial charge in [0, 0.05) is 24.0 Å². The van der Waals surface area contributed by atoms with Crippen LogP contribution in [0.15, 0.2) is 42.7 Å². The number of aryl methyl sites for hydroxylation is 1. The Kier molecular flexibility index (Phi) is 4.28. The van der Waals surface area contributed by atoms with Gasteiger partial charge in [0.1, 0.15) is 6.54 Å². The molecule has 1 aromatic carbocycles. The molecule has 6 heteroatoms. The van der Waals surface area contributed by atoms with Crippen LogP contribution in [0.2, 0.25) is 0 Å². The molecule has 0 saturated carbocycles. The van der Waals surface area contributed by atoms with Gasteiger partial charge < -0.3 is 14.6 Å². The van der Waals surface area contributed by atoms with Gasteiger partial charge in [-0.25, -0.2) is 0 Å². The van der Waals surface area contributed by atoms with Crippen LogP contribution in [0.3, 0.4) is 0 Å². The van der Waals surface area contributed by atoms with Gasteiger partial charge in [-0.05, 0) is 37.3 Å². The van der Waals surface area contributed by atoms with E-state index in [-0.39, 0.29) is 18.6 Å². The number of fused-ring (bicyclic) bond motifs is 1. The summed E-state index contributed by atoms with van der Waals surface area (Å²) in [5, 5.41) is 8.40. The van der Waals surface area contributed by atoms with Crippen molar-refractivity contribution in [2.24, 2.45) is 0 Å². The molecule has 1 saturated heterocycles. The number of rotatable bonds is 5. The zero-order valence-electron chi connectivity index (χ0n) is 14.3. The van der Waals surface area contributed by atoms with Crippen molar-refractivity contribution in [1.82, 2.24) is 14.3 Å². The fourth-order valence-corrected chi connectivity index (χ4v) is 3.43. The van der Waals surface area contributed by atoms with Crippen LogP contribution in [-0.2, 0) is 22.6 Å². The summed E-state index contributed by atoms with van der Waals surface area (Å²) in [6, 6.07) is 10.2. The molecule has 1 atom stereocenters. The molecule has 1 aliphatic heterocycles. The lowest BCUT2D eigenvalue weighted by molar-refractivity contribution is -0.116. The van der Waals surface area contributed by atoms with E-state index >= 15 is 0 Å². The van der Waals surface area contributed by atoms with Gasteiger partial charge in [0.2, 0.25) is 5.91 Å². The van der Waals surface area contributed by atoms with Crippen LogP contribution >= 0.6 is 0 Å². The summed E-state index contributed by atoms with van der Waals surface area (Å²) in [6.45, 7) is 3.88. The molecule has 1 fully saturated rings. The first-order valence-electron chi connectivity index (χ1n) is 8.68. The molecule has 0 spiro atoms. The maximum Gasteiger partial charge on any atom is 0.244 e. The van der Waals surface area contributed by atoms with Crippen LogP contribution in [0.5, 0.6) is 0 Å². The molecule has 25 heavy (non-hydrogen) atoms. The predicted molar refractivity (Wildman–Crippen MR) is 96.5 cm³/mol. The first-order valence-corrected chi connectivity index (χ1v) is 8.68. The van der Waals surface area contributed by atoms with E-state index in [9.17, 15) is 4.79 Å². The lowest BCUT2D eigenvalue weighted by Gasteiger charge is -2.09. The van der Waals surface area contributed by atoms with Crippen molar-refractivity contribution in [3.8, 4) is 0 Å². The van der Waals surface area contributed by atoms with Crippen LogP contribution in [0.4, 0.5) is 5.69 Å². The molecule has 0 unspecified atom stereocenters. The summed E-state index contributed by atoms with van der Waals surface area (Å²) in [4.78, 5) is 12.4. The van der Waals surface area contributed by atoms with Crippen LogP contribution in [0, 0.1) is 6.92 Å². The molecule has 2 aromatic heterocycles. The molecule has 3 aromatic rings. The van der Waals surface area contributed by atoms with E-state index in [0.29, 0.717) is 0 Å². The molecular weight excluding hydrogens is 316 g/mol. The third-order valence-electron chi connectivity index (χ3n) is 4.65. The van der Waals surface area contributed by atoms with Crippen LogP contribution in [0.25, 0.3) is 10.9 Å². The number of aromatic nitrogens is 3. The highest BCUT2D eigenvalue weighted by atomic mass is 16.5. The number of carbonyl (C=O) groups is 1. The molecule has 130 valence electrons. The van der Waals surface area contributed by atoms with Crippen LogP contribution in [0.1, 0.15) is 18.5 Å². The van der Waals surface area contributed by atoms with E-state index in [2.05, 4.69) is 22.5 Å². The van der Waals surface area contributed by atoms with Crippen molar-refractivity contribution in [2.75, 3.05) is 11.9 Å². The third-order valence-corrected chi connectivity index (χ3v) is 4.65. The molecule has 1 N–H and O–H groups in total. The Bertz CT molecular complexity index is 890. The predicted octanol–water partition coefficient (Wildman–Crippen LogP) is 2.96. The minimum absolute atomic E-state index is 0.0545. The second-order valence-electron chi connectivity index (χ2n) is 6.56. The minimum Gasteiger partial charge on any atom is -0.376 e. The first-order chi connectivity index (χ1) is 12.2. The lowest BCUT2D eigenvalue weighted by Crippen LogP contribution is -2.19. The molecule has 6 nitrogen and oxygen atoms in total. The van der Waals surface area contributed by atoms with Crippen molar-refractivity contribution in [1.29, 1.82) is 0 Å². The minimum atomic E-state index is -0.0545. The zero-order valence-corrected chi connectivity index (χ0v) is 14.3. The first kappa shape index (κ1) is 15.9. The maximum absolute atomic E-state index is 12.4. The van der Waals surface area contributed by atoms with Gasteiger partial charge in [0.05, 0.1) is 24.5 Å². The number of benzene rings is 1. The summed E-state index contributed by atoms with van der Waals surface area (Å²) in [7, 11) is 0. The summed E-state index contributed by atoms with van der Waals surface area (Å²) in [6.07, 6.45) is 5.96. The SMILES string of the molecule is Cc1cc2ccccc2n1CC(=O)Nc1cnn(C[C@@H]2CCCO2)c1. The van der Waals surface area contributed by atoms with Crippen molar-refractivity contribution >= 4 is 22.5 Å². The monoisotopic (exact) mass is 338 g/mol. The largest absolute Gasteiger partial charge is 0.376 e. The van der Waals surface area contributed by atoms with E-state index in [1.165, 1.54) is 0 Å². The van der Waals surface area contributed by atoms with Gasteiger partial charge in [-0.15, -0.1) is 0 Å². The van der Waals surface area contributed by atoms with Crippen molar-refractivity contribution in [3.63, 3.8) is 0 Å². The highest BCUT2D eigenvalue weighted by Gasteiger charge is 2.17. The van der Waals surface area contributed by atoms with Crippen LogP contribution in [-0.4, -0.2) is 33.0 Å². The Morgan fingerprint density at radius 1 is 1.40 bits per heavy atom. The topological polar surface area (TPSA) is 61.1 Å². The number of carbonyl (C=O) groups excluding carboxylic acids is 1. The van der Waals surface area contributed by atoms with E-state index in [1.807, 2.05) is 40.6 Å². The number of nitrogens with zero attached hydrogens (tertiary/aromatic N) is 3. The van der Waals surface area contributed by atoms with Crippen molar-refractivity contribution in [2.45, 2.75) is 39.0 Å². The normalized spacial score (nSPS) is 17.2. The number of hydrogen-bond donors (Lipinski definition) is 1. The molecule has 4 rings (SSSR count). The molecule has 3 heterocycles. The quantitative estimate of drug-likeness (QED) is 0.778. The van der Waals surface area contributed by atoms with Gasteiger partial charge in [0.15, 0.2) is 0 Å². The van der Waals surface area contributed by atoms with E-state index in [1.54, 1.807) is 6.20 Å². The Balaban J connectivity index is 1.41. The number of ether oxygens (including phenoxy) is 1. The zero-order chi connectivity index (χ0) is 17.2. The van der Waals surface area contributed by atoms with E-state index in [4.69, 9.17) is 4.74 Å². The Labute approximate surface area is 146 Å². The summed E-state index contributed by atoms with van der Waals surface area (Å²) in [5.74, 6) is -0.0545.